The third-order valence-electron chi connectivity index (χ3n) is 8.40. The SMILES string of the molecule is O=C(O)CN1CCN(Cc2cccc(=O)n2O)CCN(CC(=O)O)Cc2cc(C(=O)NCCOCCOCCOCCC(=O)Oc3c(Cl)cccc3Cl)cc(n2)C1. The van der Waals surface area contributed by atoms with E-state index >= 15 is 0 Å². The van der Waals surface area contributed by atoms with Crippen molar-refractivity contribution in [2.45, 2.75) is 26.1 Å². The van der Waals surface area contributed by atoms with E-state index in [0.29, 0.717) is 34.9 Å². The van der Waals surface area contributed by atoms with E-state index in [2.05, 4.69) is 10.3 Å². The zero-order valence-corrected chi connectivity index (χ0v) is 32.7. The molecule has 0 saturated heterocycles. The number of para-hydroxylation sites is 1. The van der Waals surface area contributed by atoms with E-state index in [-0.39, 0.29) is 120 Å². The van der Waals surface area contributed by atoms with Crippen molar-refractivity contribution in [1.29, 1.82) is 0 Å². The first kappa shape index (κ1) is 45.0. The van der Waals surface area contributed by atoms with Crippen LogP contribution in [0.25, 0.3) is 0 Å². The molecule has 18 nitrogen and oxygen atoms in total. The summed E-state index contributed by atoms with van der Waals surface area (Å²) in [5, 5.41) is 32.8. The highest BCUT2D eigenvalue weighted by molar-refractivity contribution is 6.37. The topological polar surface area (TPSA) is 223 Å². The summed E-state index contributed by atoms with van der Waals surface area (Å²) >= 11 is 12.0. The average molecular weight is 838 g/mol. The number of aromatic nitrogens is 2. The zero-order chi connectivity index (χ0) is 41.2. The Labute approximate surface area is 338 Å². The maximum atomic E-state index is 13.2. The number of benzene rings is 1. The van der Waals surface area contributed by atoms with E-state index < -0.39 is 29.4 Å². The number of hydrogen-bond donors (Lipinski definition) is 4. The first-order chi connectivity index (χ1) is 27.4. The van der Waals surface area contributed by atoms with Gasteiger partial charge in [-0.1, -0.05) is 35.3 Å². The van der Waals surface area contributed by atoms with Crippen molar-refractivity contribution in [2.24, 2.45) is 0 Å². The molecule has 2 bridgehead atoms. The third kappa shape index (κ3) is 16.0. The van der Waals surface area contributed by atoms with E-state index in [0.717, 1.165) is 0 Å². The van der Waals surface area contributed by atoms with Gasteiger partial charge in [0.25, 0.3) is 11.5 Å². The zero-order valence-electron chi connectivity index (χ0n) is 31.1. The molecule has 4 rings (SSSR count). The molecule has 1 aliphatic rings. The minimum Gasteiger partial charge on any atom is -0.480 e. The van der Waals surface area contributed by atoms with Crippen molar-refractivity contribution in [2.75, 3.05) is 85.5 Å². The van der Waals surface area contributed by atoms with E-state index in [4.69, 9.17) is 42.1 Å². The second-order valence-electron chi connectivity index (χ2n) is 12.9. The van der Waals surface area contributed by atoms with Crippen molar-refractivity contribution in [3.63, 3.8) is 0 Å². The predicted octanol–water partition coefficient (Wildman–Crippen LogP) is 1.85. The normalized spacial score (nSPS) is 14.4. The second kappa shape index (κ2) is 23.5. The van der Waals surface area contributed by atoms with E-state index in [1.165, 1.54) is 12.1 Å². The Hall–Kier alpha value is -4.66. The highest BCUT2D eigenvalue weighted by atomic mass is 35.5. The number of nitrogens with zero attached hydrogens (tertiary/aromatic N) is 5. The fourth-order valence-corrected chi connectivity index (χ4v) is 6.18. The van der Waals surface area contributed by atoms with Gasteiger partial charge in [-0.25, -0.2) is 0 Å². The first-order valence-corrected chi connectivity index (χ1v) is 18.8. The number of carboxylic acid groups (broad SMARTS) is 2. The molecule has 0 saturated carbocycles. The number of pyridine rings is 2. The van der Waals surface area contributed by atoms with Gasteiger partial charge in [-0.3, -0.25) is 43.7 Å². The van der Waals surface area contributed by atoms with Crippen LogP contribution in [0.1, 0.15) is 33.9 Å². The highest BCUT2D eigenvalue weighted by Gasteiger charge is 2.21. The van der Waals surface area contributed by atoms with Gasteiger partial charge in [0.05, 0.1) is 86.3 Å². The van der Waals surface area contributed by atoms with Gasteiger partial charge < -0.3 is 39.7 Å². The Kier molecular flexibility index (Phi) is 18.6. The van der Waals surface area contributed by atoms with Crippen LogP contribution in [-0.2, 0) is 48.2 Å². The molecule has 2 aromatic heterocycles. The number of amides is 1. The van der Waals surface area contributed by atoms with Crippen LogP contribution in [0.3, 0.4) is 0 Å². The summed E-state index contributed by atoms with van der Waals surface area (Å²) in [6.45, 7) is 2.39. The van der Waals surface area contributed by atoms with E-state index in [1.807, 2.05) is 4.90 Å². The van der Waals surface area contributed by atoms with Crippen molar-refractivity contribution >= 4 is 47.0 Å². The van der Waals surface area contributed by atoms with Crippen molar-refractivity contribution in [3.8, 4) is 5.75 Å². The predicted molar refractivity (Wildman–Crippen MR) is 205 cm³/mol. The molecule has 4 N–H and O–H groups in total. The van der Waals surface area contributed by atoms with Gasteiger partial charge in [0.2, 0.25) is 0 Å². The molecular weight excluding hydrogens is 791 g/mol. The largest absolute Gasteiger partial charge is 0.480 e. The quantitative estimate of drug-likeness (QED) is 0.0552. The number of halogens is 2. The molecule has 3 heterocycles. The number of ether oxygens (including phenoxy) is 4. The lowest BCUT2D eigenvalue weighted by atomic mass is 10.1. The number of aliphatic carboxylic acids is 2. The van der Waals surface area contributed by atoms with Gasteiger partial charge in [-0.15, -0.1) is 0 Å². The Morgan fingerprint density at radius 2 is 1.26 bits per heavy atom. The number of fused-ring (bicyclic) bond motifs is 2. The fraction of sp³-hybridized carbons (Fsp3) is 0.459. The molecule has 0 radical (unpaired) electrons. The molecule has 1 aromatic carbocycles. The molecule has 0 unspecified atom stereocenters. The number of hydrogen-bond acceptors (Lipinski definition) is 14. The summed E-state index contributed by atoms with van der Waals surface area (Å²) in [6.07, 6.45) is -0.00164. The number of nitrogens with one attached hydrogen (secondary N) is 1. The molecule has 1 aliphatic heterocycles. The Morgan fingerprint density at radius 3 is 1.84 bits per heavy atom. The Morgan fingerprint density at radius 1 is 0.737 bits per heavy atom. The summed E-state index contributed by atoms with van der Waals surface area (Å²) in [6, 6.07) is 12.3. The lowest BCUT2D eigenvalue weighted by Gasteiger charge is -2.30. The van der Waals surface area contributed by atoms with Crippen LogP contribution >= 0.6 is 23.2 Å². The molecule has 57 heavy (non-hydrogen) atoms. The molecule has 20 heteroatoms. The lowest BCUT2D eigenvalue weighted by Crippen LogP contribution is -2.43. The molecule has 0 fully saturated rings. The Bertz CT molecular complexity index is 1810. The summed E-state index contributed by atoms with van der Waals surface area (Å²) in [4.78, 5) is 70.7. The molecule has 3 aromatic rings. The average Bonchev–Trinajstić information content (AvgIpc) is 3.15. The molecular formula is C37H46Cl2N6O12. The summed E-state index contributed by atoms with van der Waals surface area (Å²) in [7, 11) is 0. The number of rotatable bonds is 20. The lowest BCUT2D eigenvalue weighted by molar-refractivity contribution is -0.139. The van der Waals surface area contributed by atoms with Crippen LogP contribution in [0.15, 0.2) is 53.3 Å². The number of carbonyl (C=O) groups is 4. The van der Waals surface area contributed by atoms with Crippen LogP contribution < -0.4 is 15.6 Å². The monoisotopic (exact) mass is 836 g/mol. The van der Waals surface area contributed by atoms with Gasteiger partial charge in [0.15, 0.2) is 5.75 Å². The van der Waals surface area contributed by atoms with Crippen LogP contribution in [0.4, 0.5) is 0 Å². The minimum absolute atomic E-state index is 0.00164. The van der Waals surface area contributed by atoms with Crippen LogP contribution in [-0.4, -0.2) is 149 Å². The van der Waals surface area contributed by atoms with Gasteiger partial charge in [0.1, 0.15) is 0 Å². The highest BCUT2D eigenvalue weighted by Crippen LogP contribution is 2.32. The van der Waals surface area contributed by atoms with Gasteiger partial charge in [-0.05, 0) is 30.3 Å². The minimum atomic E-state index is -1.06. The van der Waals surface area contributed by atoms with Gasteiger partial charge in [-0.2, -0.15) is 4.73 Å². The van der Waals surface area contributed by atoms with Gasteiger partial charge >= 0.3 is 17.9 Å². The summed E-state index contributed by atoms with van der Waals surface area (Å²) in [5.41, 5.74) is 0.846. The van der Waals surface area contributed by atoms with Crippen LogP contribution in [0.5, 0.6) is 5.75 Å². The van der Waals surface area contributed by atoms with Crippen LogP contribution in [0, 0.1) is 0 Å². The van der Waals surface area contributed by atoms with Crippen LogP contribution in [0.2, 0.25) is 10.0 Å². The second-order valence-corrected chi connectivity index (χ2v) is 13.7. The van der Waals surface area contributed by atoms with Crippen molar-refractivity contribution in [3.05, 3.63) is 91.6 Å². The standard InChI is InChI=1S/C37H46Cl2N6O12/c38-30-4-2-5-31(39)36(30)57-35(51)7-13-54-15-17-56-18-16-55-14-8-40-37(52)26-19-27-21-43(24-33(47)48)11-9-42(23-29-3-1-6-32(46)45(29)53)10-12-44(25-34(49)50)22-28(20-26)41-27/h1-6,19-20,53H,7-18,21-25H2,(H,40,52)(H,47,48)(H,49,50). The smallest absolute Gasteiger partial charge is 0.317 e. The molecule has 310 valence electrons. The number of carbonyl (C=O) groups excluding carboxylic acids is 2. The first-order valence-electron chi connectivity index (χ1n) is 18.0. The van der Waals surface area contributed by atoms with Crippen molar-refractivity contribution in [1.82, 2.24) is 29.7 Å². The number of esters is 1. The number of carboxylic acids is 2. The third-order valence-corrected chi connectivity index (χ3v) is 9.00. The molecule has 0 atom stereocenters. The molecule has 0 aliphatic carbocycles. The van der Waals surface area contributed by atoms with E-state index in [9.17, 15) is 39.4 Å². The molecule has 0 spiro atoms. The summed E-state index contributed by atoms with van der Waals surface area (Å²) in [5.74, 6) is -2.96. The Balaban J connectivity index is 1.23. The van der Waals surface area contributed by atoms with Crippen molar-refractivity contribution < 1.29 is 53.5 Å². The maximum Gasteiger partial charge on any atom is 0.317 e. The molecule has 1 amide bonds. The van der Waals surface area contributed by atoms with Gasteiger partial charge in [0, 0.05) is 64.0 Å². The summed E-state index contributed by atoms with van der Waals surface area (Å²) < 4.78 is 22.2. The van der Waals surface area contributed by atoms with E-state index in [1.54, 1.807) is 46.2 Å². The maximum absolute atomic E-state index is 13.2. The fourth-order valence-electron chi connectivity index (χ4n) is 5.70.